The molecule has 1 aromatic carbocycles. The molecular weight excluding hydrogens is 382 g/mol. The number of benzene rings is 1. The van der Waals surface area contributed by atoms with Gasteiger partial charge >= 0.3 is 0 Å². The summed E-state index contributed by atoms with van der Waals surface area (Å²) in [6.45, 7) is 2.04. The van der Waals surface area contributed by atoms with E-state index in [0.717, 1.165) is 5.75 Å². The number of nitrogens with one attached hydrogen (secondary N) is 2. The maximum absolute atomic E-state index is 12.2. The minimum atomic E-state index is -0.249. The molecule has 2 rings (SSSR count). The summed E-state index contributed by atoms with van der Waals surface area (Å²) in [6, 6.07) is 6.45. The topological polar surface area (TPSA) is 84.1 Å². The number of ether oxygens (including phenoxy) is 1. The molecule has 0 unspecified atom stereocenters. The normalized spacial score (nSPS) is 10.5. The Kier molecular flexibility index (Phi) is 7.67. The standard InChI is InChI=1S/C16H18ClN3O3S2/c1-3-24-8-11-7-14(21)20-16(18-11)25-9-15(22)19-12-6-10(17)4-5-13(12)23-2/h4-7H,3,8-9H2,1-2H3,(H,19,22)(H,18,20,21). The van der Waals surface area contributed by atoms with E-state index in [1.165, 1.54) is 24.9 Å². The lowest BCUT2D eigenvalue weighted by Crippen LogP contribution is -2.16. The van der Waals surface area contributed by atoms with E-state index in [-0.39, 0.29) is 17.2 Å². The number of H-pyrrole nitrogens is 1. The third kappa shape index (κ3) is 6.30. The molecule has 0 fully saturated rings. The highest BCUT2D eigenvalue weighted by molar-refractivity contribution is 7.99. The van der Waals surface area contributed by atoms with Crippen LogP contribution in [0.2, 0.25) is 5.02 Å². The SMILES string of the molecule is CCSCc1cc(=O)[nH]c(SCC(=O)Nc2cc(Cl)ccc2OC)n1. The van der Waals surface area contributed by atoms with Gasteiger partial charge in [-0.2, -0.15) is 11.8 Å². The number of aromatic nitrogens is 2. The quantitative estimate of drug-likeness (QED) is 0.522. The summed E-state index contributed by atoms with van der Waals surface area (Å²) in [4.78, 5) is 30.8. The van der Waals surface area contributed by atoms with E-state index in [1.807, 2.05) is 6.92 Å². The second-order valence-electron chi connectivity index (χ2n) is 4.86. The van der Waals surface area contributed by atoms with Gasteiger partial charge in [-0.05, 0) is 24.0 Å². The van der Waals surface area contributed by atoms with E-state index < -0.39 is 0 Å². The van der Waals surface area contributed by atoms with Crippen LogP contribution in [-0.4, -0.2) is 34.5 Å². The van der Waals surface area contributed by atoms with Crippen LogP contribution in [0.4, 0.5) is 5.69 Å². The van der Waals surface area contributed by atoms with Gasteiger partial charge in [0, 0.05) is 16.8 Å². The zero-order valence-electron chi connectivity index (χ0n) is 13.8. The Hall–Kier alpha value is -1.64. The van der Waals surface area contributed by atoms with E-state index in [9.17, 15) is 9.59 Å². The molecule has 1 aromatic heterocycles. The summed E-state index contributed by atoms with van der Waals surface area (Å²) in [6.07, 6.45) is 0. The molecule has 2 N–H and O–H groups in total. The van der Waals surface area contributed by atoms with Gasteiger partial charge in [-0.3, -0.25) is 9.59 Å². The van der Waals surface area contributed by atoms with Crippen LogP contribution in [-0.2, 0) is 10.5 Å². The monoisotopic (exact) mass is 399 g/mol. The van der Waals surface area contributed by atoms with Crippen LogP contribution in [0.3, 0.4) is 0 Å². The fraction of sp³-hybridized carbons (Fsp3) is 0.312. The molecule has 2 aromatic rings. The number of amides is 1. The van der Waals surface area contributed by atoms with Gasteiger partial charge in [-0.25, -0.2) is 4.98 Å². The van der Waals surface area contributed by atoms with Crippen LogP contribution in [0.15, 0.2) is 34.2 Å². The fourth-order valence-corrected chi connectivity index (χ4v) is 3.36. The van der Waals surface area contributed by atoms with Gasteiger partial charge in [0.1, 0.15) is 5.75 Å². The molecule has 6 nitrogen and oxygen atoms in total. The van der Waals surface area contributed by atoms with E-state index in [2.05, 4.69) is 15.3 Å². The van der Waals surface area contributed by atoms with Crippen molar-refractivity contribution in [2.45, 2.75) is 17.8 Å². The molecule has 1 amide bonds. The number of carbonyl (C=O) groups excluding carboxylic acids is 1. The zero-order chi connectivity index (χ0) is 18.2. The number of hydrogen-bond donors (Lipinski definition) is 2. The Balaban J connectivity index is 1.99. The molecular formula is C16H18ClN3O3S2. The molecule has 9 heteroatoms. The highest BCUT2D eigenvalue weighted by atomic mass is 35.5. The van der Waals surface area contributed by atoms with Gasteiger partial charge in [0.05, 0.1) is 24.2 Å². The van der Waals surface area contributed by atoms with Crippen LogP contribution < -0.4 is 15.6 Å². The van der Waals surface area contributed by atoms with E-state index in [0.29, 0.717) is 33.1 Å². The summed E-state index contributed by atoms with van der Waals surface area (Å²) >= 11 is 8.79. The summed E-state index contributed by atoms with van der Waals surface area (Å²) in [5, 5.41) is 3.66. The second-order valence-corrected chi connectivity index (χ2v) is 7.54. The Labute approximate surface area is 159 Å². The Morgan fingerprint density at radius 3 is 2.92 bits per heavy atom. The number of aromatic amines is 1. The van der Waals surface area contributed by atoms with Crippen molar-refractivity contribution < 1.29 is 9.53 Å². The molecule has 25 heavy (non-hydrogen) atoms. The summed E-state index contributed by atoms with van der Waals surface area (Å²) in [7, 11) is 1.52. The highest BCUT2D eigenvalue weighted by Crippen LogP contribution is 2.28. The smallest absolute Gasteiger partial charge is 0.251 e. The molecule has 0 aliphatic rings. The Morgan fingerprint density at radius 2 is 2.20 bits per heavy atom. The third-order valence-corrected chi connectivity index (χ3v) is 5.02. The first-order chi connectivity index (χ1) is 12.0. The van der Waals surface area contributed by atoms with E-state index >= 15 is 0 Å². The molecule has 0 spiro atoms. The molecule has 134 valence electrons. The van der Waals surface area contributed by atoms with Crippen LogP contribution in [0.25, 0.3) is 0 Å². The van der Waals surface area contributed by atoms with Crippen LogP contribution in [0.1, 0.15) is 12.6 Å². The first-order valence-electron chi connectivity index (χ1n) is 7.46. The van der Waals surface area contributed by atoms with Crippen molar-refractivity contribution in [1.82, 2.24) is 9.97 Å². The van der Waals surface area contributed by atoms with Crippen molar-refractivity contribution in [2.24, 2.45) is 0 Å². The van der Waals surface area contributed by atoms with E-state index in [4.69, 9.17) is 16.3 Å². The molecule has 0 saturated heterocycles. The summed E-state index contributed by atoms with van der Waals surface area (Å²) < 4.78 is 5.19. The van der Waals surface area contributed by atoms with Gasteiger partial charge in [0.15, 0.2) is 5.16 Å². The first-order valence-corrected chi connectivity index (χ1v) is 9.97. The van der Waals surface area contributed by atoms with Crippen LogP contribution >= 0.6 is 35.1 Å². The number of nitrogens with zero attached hydrogens (tertiary/aromatic N) is 1. The van der Waals surface area contributed by atoms with Crippen molar-refractivity contribution in [1.29, 1.82) is 0 Å². The number of anilines is 1. The van der Waals surface area contributed by atoms with Crippen LogP contribution in [0, 0.1) is 0 Å². The highest BCUT2D eigenvalue weighted by Gasteiger charge is 2.10. The predicted molar refractivity (Wildman–Crippen MR) is 104 cm³/mol. The Bertz CT molecular complexity index is 798. The Morgan fingerprint density at radius 1 is 1.40 bits per heavy atom. The maximum atomic E-state index is 12.2. The lowest BCUT2D eigenvalue weighted by Gasteiger charge is -2.10. The average Bonchev–Trinajstić information content (AvgIpc) is 2.58. The number of rotatable bonds is 8. The van der Waals surface area contributed by atoms with Gasteiger partial charge in [-0.15, -0.1) is 0 Å². The van der Waals surface area contributed by atoms with Crippen molar-refractivity contribution in [3.05, 3.63) is 45.3 Å². The van der Waals surface area contributed by atoms with E-state index in [1.54, 1.807) is 30.0 Å². The second kappa shape index (κ2) is 9.74. The number of halogens is 1. The van der Waals surface area contributed by atoms with Crippen molar-refractivity contribution in [2.75, 3.05) is 23.9 Å². The largest absolute Gasteiger partial charge is 0.495 e. The van der Waals surface area contributed by atoms with Crippen molar-refractivity contribution in [3.8, 4) is 5.75 Å². The lowest BCUT2D eigenvalue weighted by atomic mass is 10.3. The minimum absolute atomic E-state index is 0.100. The zero-order valence-corrected chi connectivity index (χ0v) is 16.2. The summed E-state index contributed by atoms with van der Waals surface area (Å²) in [5.74, 6) is 1.98. The van der Waals surface area contributed by atoms with Crippen molar-refractivity contribution in [3.63, 3.8) is 0 Å². The van der Waals surface area contributed by atoms with Crippen LogP contribution in [0.5, 0.6) is 5.75 Å². The molecule has 0 aliphatic heterocycles. The molecule has 0 radical (unpaired) electrons. The number of thioether (sulfide) groups is 2. The van der Waals surface area contributed by atoms with Crippen molar-refractivity contribution >= 4 is 46.7 Å². The minimum Gasteiger partial charge on any atom is -0.495 e. The summed E-state index contributed by atoms with van der Waals surface area (Å²) in [5.41, 5.74) is 0.978. The number of hydrogen-bond acceptors (Lipinski definition) is 6. The maximum Gasteiger partial charge on any atom is 0.251 e. The molecule has 0 aliphatic carbocycles. The third-order valence-electron chi connectivity index (χ3n) is 3.00. The van der Waals surface area contributed by atoms with Gasteiger partial charge in [0.2, 0.25) is 5.91 Å². The number of carbonyl (C=O) groups is 1. The van der Waals surface area contributed by atoms with Gasteiger partial charge in [0.25, 0.3) is 5.56 Å². The number of methoxy groups -OCH3 is 1. The molecule has 0 saturated carbocycles. The molecule has 0 bridgehead atoms. The fourth-order valence-electron chi connectivity index (χ4n) is 1.93. The van der Waals surface area contributed by atoms with Gasteiger partial charge < -0.3 is 15.0 Å². The lowest BCUT2D eigenvalue weighted by molar-refractivity contribution is -0.113. The average molecular weight is 400 g/mol. The molecule has 0 atom stereocenters. The van der Waals surface area contributed by atoms with Gasteiger partial charge in [-0.1, -0.05) is 30.3 Å². The molecule has 1 heterocycles. The predicted octanol–water partition coefficient (Wildman–Crippen LogP) is 3.42. The first kappa shape index (κ1) is 19.7.